The van der Waals surface area contributed by atoms with Crippen molar-refractivity contribution in [2.45, 2.75) is 65.2 Å². The lowest BCUT2D eigenvalue weighted by atomic mass is 9.47. The molecular weight excluding hydrogens is 384 g/mol. The highest BCUT2D eigenvalue weighted by Crippen LogP contribution is 2.64. The summed E-state index contributed by atoms with van der Waals surface area (Å²) in [4.78, 5) is 11.0. The smallest absolute Gasteiger partial charge is 0.332 e. The minimum atomic E-state index is -0.608. The van der Waals surface area contributed by atoms with Crippen LogP contribution in [0.4, 0.5) is 4.79 Å². The van der Waals surface area contributed by atoms with Crippen molar-refractivity contribution in [1.29, 1.82) is 0 Å². The Morgan fingerprint density at radius 2 is 1.79 bits per heavy atom. The van der Waals surface area contributed by atoms with Gasteiger partial charge in [0.1, 0.15) is 0 Å². The zero-order valence-electron chi connectivity index (χ0n) is 17.3. The number of allylic oxidation sites excluding steroid dienone is 2. The van der Waals surface area contributed by atoms with Gasteiger partial charge in [0.2, 0.25) is 0 Å². The molecule has 0 heterocycles. The molecule has 8 heteroatoms. The van der Waals surface area contributed by atoms with Crippen molar-refractivity contribution in [3.05, 3.63) is 11.6 Å². The average Bonchev–Trinajstić information content (AvgIpc) is 3.01. The van der Waals surface area contributed by atoms with Crippen LogP contribution in [0.15, 0.2) is 21.9 Å². The molecular formula is C21H32N6OS. The fraction of sp³-hybridized carbons (Fsp3) is 0.714. The molecule has 6 N–H and O–H groups in total. The summed E-state index contributed by atoms with van der Waals surface area (Å²) in [7, 11) is 0. The van der Waals surface area contributed by atoms with Crippen LogP contribution < -0.4 is 22.3 Å². The van der Waals surface area contributed by atoms with Gasteiger partial charge in [-0.3, -0.25) is 5.43 Å². The summed E-state index contributed by atoms with van der Waals surface area (Å²) in [5, 5.41) is 9.02. The molecule has 158 valence electrons. The van der Waals surface area contributed by atoms with Crippen LogP contribution in [0.2, 0.25) is 0 Å². The first-order valence-corrected chi connectivity index (χ1v) is 11.1. The SMILES string of the molecule is C[C@]12CC/C(=N\NC(N)=O)C=C1CC[C@@H]1[C@H]2CC[C@]2(C)/C(=N/NC(N)=S)CC[C@@H]12. The van der Waals surface area contributed by atoms with E-state index in [1.165, 1.54) is 37.0 Å². The van der Waals surface area contributed by atoms with E-state index in [1.807, 2.05) is 0 Å². The maximum Gasteiger partial charge on any atom is 0.332 e. The van der Waals surface area contributed by atoms with Crippen molar-refractivity contribution in [3.63, 3.8) is 0 Å². The molecule has 0 spiro atoms. The Morgan fingerprint density at radius 1 is 1.03 bits per heavy atom. The Labute approximate surface area is 177 Å². The van der Waals surface area contributed by atoms with Crippen molar-refractivity contribution in [1.82, 2.24) is 10.9 Å². The van der Waals surface area contributed by atoms with Crippen LogP contribution in [0, 0.1) is 28.6 Å². The minimum Gasteiger partial charge on any atom is -0.375 e. The summed E-state index contributed by atoms with van der Waals surface area (Å²) in [5.41, 5.74) is 20.0. The van der Waals surface area contributed by atoms with E-state index in [9.17, 15) is 4.79 Å². The summed E-state index contributed by atoms with van der Waals surface area (Å²) in [6.07, 6.45) is 11.2. The first kappa shape index (κ1) is 20.3. The number of rotatable bonds is 2. The lowest BCUT2D eigenvalue weighted by Gasteiger charge is -2.57. The molecule has 2 amide bonds. The first-order chi connectivity index (χ1) is 13.7. The summed E-state index contributed by atoms with van der Waals surface area (Å²) in [6.45, 7) is 4.85. The highest BCUT2D eigenvalue weighted by molar-refractivity contribution is 7.80. The van der Waals surface area contributed by atoms with Crippen LogP contribution in [0.5, 0.6) is 0 Å². The topological polar surface area (TPSA) is 118 Å². The molecule has 0 saturated heterocycles. The van der Waals surface area contributed by atoms with Crippen LogP contribution in [0.25, 0.3) is 0 Å². The summed E-state index contributed by atoms with van der Waals surface area (Å²) < 4.78 is 0. The fourth-order valence-electron chi connectivity index (χ4n) is 6.88. The Kier molecular flexibility index (Phi) is 5.17. The van der Waals surface area contributed by atoms with Crippen molar-refractivity contribution in [3.8, 4) is 0 Å². The van der Waals surface area contributed by atoms with Crippen LogP contribution in [0.3, 0.4) is 0 Å². The van der Waals surface area contributed by atoms with E-state index >= 15 is 0 Å². The number of nitrogens with zero attached hydrogens (tertiary/aromatic N) is 2. The summed E-state index contributed by atoms with van der Waals surface area (Å²) >= 11 is 4.94. The van der Waals surface area contributed by atoms with Gasteiger partial charge in [-0.15, -0.1) is 0 Å². The summed E-state index contributed by atoms with van der Waals surface area (Å²) in [6, 6.07) is -0.608. The van der Waals surface area contributed by atoms with Gasteiger partial charge in [0.05, 0.1) is 5.71 Å². The van der Waals surface area contributed by atoms with E-state index in [4.69, 9.17) is 23.7 Å². The van der Waals surface area contributed by atoms with Gasteiger partial charge in [0.15, 0.2) is 5.11 Å². The normalized spacial score (nSPS) is 41.2. The third-order valence-electron chi connectivity index (χ3n) is 8.33. The number of carbonyl (C=O) groups excluding carboxylic acids is 1. The largest absolute Gasteiger partial charge is 0.375 e. The molecule has 0 aromatic heterocycles. The highest BCUT2D eigenvalue weighted by atomic mass is 32.1. The molecule has 0 aromatic carbocycles. The molecule has 0 aromatic rings. The maximum absolute atomic E-state index is 11.0. The van der Waals surface area contributed by atoms with Gasteiger partial charge < -0.3 is 11.5 Å². The molecule has 29 heavy (non-hydrogen) atoms. The van der Waals surface area contributed by atoms with E-state index in [0.29, 0.717) is 11.8 Å². The second kappa shape index (κ2) is 7.38. The molecule has 3 fully saturated rings. The zero-order chi connectivity index (χ0) is 20.8. The van der Waals surface area contributed by atoms with Gasteiger partial charge in [-0.05, 0) is 92.8 Å². The molecule has 0 unspecified atom stereocenters. The predicted octanol–water partition coefficient (Wildman–Crippen LogP) is 3.16. The van der Waals surface area contributed by atoms with Crippen molar-refractivity contribution >= 4 is 34.8 Å². The number of primary amides is 1. The molecule has 7 nitrogen and oxygen atoms in total. The third-order valence-corrected chi connectivity index (χ3v) is 8.42. The fourth-order valence-corrected chi connectivity index (χ4v) is 6.93. The molecule has 4 aliphatic rings. The van der Waals surface area contributed by atoms with E-state index in [2.05, 4.69) is 41.0 Å². The Morgan fingerprint density at radius 3 is 2.52 bits per heavy atom. The highest BCUT2D eigenvalue weighted by Gasteiger charge is 2.58. The number of carbonyl (C=O) groups is 1. The number of thiocarbonyl (C=S) groups is 1. The monoisotopic (exact) mass is 416 g/mol. The predicted molar refractivity (Wildman–Crippen MR) is 119 cm³/mol. The van der Waals surface area contributed by atoms with Crippen molar-refractivity contribution in [2.24, 2.45) is 50.3 Å². The molecule has 3 saturated carbocycles. The molecule has 0 radical (unpaired) electrons. The molecule has 4 aliphatic carbocycles. The zero-order valence-corrected chi connectivity index (χ0v) is 18.1. The Hall–Kier alpha value is -1.96. The maximum atomic E-state index is 11.0. The number of fused-ring (bicyclic) bond motifs is 5. The van der Waals surface area contributed by atoms with Crippen LogP contribution >= 0.6 is 12.2 Å². The Bertz CT molecular complexity index is 820. The molecule has 0 aliphatic heterocycles. The average molecular weight is 417 g/mol. The van der Waals surface area contributed by atoms with Gasteiger partial charge in [-0.1, -0.05) is 19.4 Å². The van der Waals surface area contributed by atoms with Crippen molar-refractivity contribution in [2.75, 3.05) is 0 Å². The van der Waals surface area contributed by atoms with Gasteiger partial charge in [-0.2, -0.15) is 10.2 Å². The van der Waals surface area contributed by atoms with E-state index < -0.39 is 6.03 Å². The number of hydrazone groups is 2. The van der Waals surface area contributed by atoms with E-state index in [1.54, 1.807) is 0 Å². The van der Waals surface area contributed by atoms with Gasteiger partial charge >= 0.3 is 6.03 Å². The number of nitrogens with two attached hydrogens (primary N) is 2. The second-order valence-corrected chi connectivity index (χ2v) is 10.1. The van der Waals surface area contributed by atoms with E-state index in [0.717, 1.165) is 37.3 Å². The van der Waals surface area contributed by atoms with Crippen LogP contribution in [-0.2, 0) is 0 Å². The second-order valence-electron chi connectivity index (χ2n) is 9.61. The number of nitrogens with one attached hydrogen (secondary N) is 2. The number of amides is 2. The van der Waals surface area contributed by atoms with Crippen LogP contribution in [-0.4, -0.2) is 22.6 Å². The van der Waals surface area contributed by atoms with Gasteiger partial charge in [0.25, 0.3) is 0 Å². The van der Waals surface area contributed by atoms with Crippen LogP contribution in [0.1, 0.15) is 65.2 Å². The van der Waals surface area contributed by atoms with Gasteiger partial charge in [0, 0.05) is 11.1 Å². The third kappa shape index (κ3) is 3.45. The quantitative estimate of drug-likeness (QED) is 0.408. The lowest BCUT2D eigenvalue weighted by Crippen LogP contribution is -2.50. The number of hydrogen-bond acceptors (Lipinski definition) is 4. The summed E-state index contributed by atoms with van der Waals surface area (Å²) in [5.74, 6) is 2.11. The van der Waals surface area contributed by atoms with Gasteiger partial charge in [-0.25, -0.2) is 10.2 Å². The number of hydrogen-bond donors (Lipinski definition) is 4. The van der Waals surface area contributed by atoms with E-state index in [-0.39, 0.29) is 15.9 Å². The van der Waals surface area contributed by atoms with Crippen molar-refractivity contribution < 1.29 is 4.79 Å². The minimum absolute atomic E-state index is 0.156. The Balaban J connectivity index is 1.57. The molecule has 4 rings (SSSR count). The standard InChI is InChI=1S/C21H32N6OS/c1-20-9-7-13(24-26-18(22)28)11-12(20)3-4-14-15-5-6-17(25-27-19(23)29)21(15,2)10-8-16(14)20/h11,14-16H,3-10H2,1-2H3,(H3,22,26,28)(H3,23,27,29)/b24-13+,25-17+/t14-,15-,16+,20-,21-/m0/s1. The first-order valence-electron chi connectivity index (χ1n) is 10.7. The number of urea groups is 1. The molecule has 0 bridgehead atoms. The lowest BCUT2D eigenvalue weighted by molar-refractivity contribution is -0.0155. The molecule has 5 atom stereocenters.